The van der Waals surface area contributed by atoms with Crippen LogP contribution in [0.15, 0.2) is 42.5 Å². The summed E-state index contributed by atoms with van der Waals surface area (Å²) in [6.07, 6.45) is 2.22. The van der Waals surface area contributed by atoms with Crippen molar-refractivity contribution < 1.29 is 9.90 Å². The van der Waals surface area contributed by atoms with Crippen molar-refractivity contribution in [2.75, 3.05) is 23.4 Å². The number of para-hydroxylation sites is 1. The van der Waals surface area contributed by atoms with E-state index in [1.165, 1.54) is 0 Å². The lowest BCUT2D eigenvalue weighted by atomic mass is 10.3. The Balaban J connectivity index is 1.69. The lowest BCUT2D eigenvalue weighted by Crippen LogP contribution is -2.30. The summed E-state index contributed by atoms with van der Waals surface area (Å²) in [4.78, 5) is 14.1. The molecule has 1 fully saturated rings. The predicted octanol–water partition coefficient (Wildman–Crippen LogP) is 1.69. The number of aliphatic hydroxyl groups excluding tert-OH is 1. The van der Waals surface area contributed by atoms with Gasteiger partial charge in [0.05, 0.1) is 6.61 Å². The summed E-state index contributed by atoms with van der Waals surface area (Å²) in [6.45, 7) is 0.614. The van der Waals surface area contributed by atoms with Crippen LogP contribution in [0, 0.1) is 0 Å². The molecule has 1 amide bonds. The van der Waals surface area contributed by atoms with E-state index in [4.69, 9.17) is 5.11 Å². The lowest BCUT2D eigenvalue weighted by Gasteiger charge is -2.21. The van der Waals surface area contributed by atoms with Crippen molar-refractivity contribution in [3.05, 3.63) is 48.2 Å². The normalized spacial score (nSPS) is 13.7. The van der Waals surface area contributed by atoms with Crippen molar-refractivity contribution in [1.82, 2.24) is 10.2 Å². The second kappa shape index (κ2) is 6.53. The highest BCUT2D eigenvalue weighted by molar-refractivity contribution is 6.02. The Morgan fingerprint density at radius 1 is 1.18 bits per heavy atom. The zero-order chi connectivity index (χ0) is 15.4. The molecule has 0 aliphatic heterocycles. The highest BCUT2D eigenvalue weighted by atomic mass is 16.3. The first-order valence-electron chi connectivity index (χ1n) is 7.35. The molecule has 0 saturated heterocycles. The van der Waals surface area contributed by atoms with Crippen LogP contribution < -0.4 is 10.2 Å². The number of anilines is 2. The van der Waals surface area contributed by atoms with Gasteiger partial charge in [0.15, 0.2) is 11.5 Å². The molecular weight excluding hydrogens is 280 g/mol. The summed E-state index contributed by atoms with van der Waals surface area (Å²) in [5.41, 5.74) is 0.991. The monoisotopic (exact) mass is 298 g/mol. The number of hydrogen-bond acceptors (Lipinski definition) is 5. The number of carbonyl (C=O) groups excluding carboxylic acids is 1. The van der Waals surface area contributed by atoms with Gasteiger partial charge in [0, 0.05) is 18.3 Å². The fraction of sp³-hybridized carbons (Fsp3) is 0.312. The summed E-state index contributed by atoms with van der Waals surface area (Å²) in [5, 5.41) is 20.0. The van der Waals surface area contributed by atoms with Crippen LogP contribution in [0.1, 0.15) is 23.3 Å². The maximum absolute atomic E-state index is 12.1. The first-order valence-corrected chi connectivity index (χ1v) is 7.35. The van der Waals surface area contributed by atoms with E-state index in [1.54, 1.807) is 12.1 Å². The minimum atomic E-state index is -0.287. The number of carbonyl (C=O) groups is 1. The Morgan fingerprint density at radius 2 is 1.95 bits per heavy atom. The van der Waals surface area contributed by atoms with Crippen molar-refractivity contribution >= 4 is 17.4 Å². The largest absolute Gasteiger partial charge is 0.395 e. The number of rotatable bonds is 6. The van der Waals surface area contributed by atoms with Crippen LogP contribution in [-0.2, 0) is 0 Å². The Hall–Kier alpha value is -2.47. The van der Waals surface area contributed by atoms with Crippen LogP contribution in [0.2, 0.25) is 0 Å². The molecule has 0 atom stereocenters. The van der Waals surface area contributed by atoms with Gasteiger partial charge in [-0.05, 0) is 37.1 Å². The van der Waals surface area contributed by atoms with E-state index in [2.05, 4.69) is 15.5 Å². The number of aliphatic hydroxyl groups is 1. The molecule has 1 aromatic carbocycles. The maximum atomic E-state index is 12.1. The van der Waals surface area contributed by atoms with Crippen molar-refractivity contribution in [3.63, 3.8) is 0 Å². The molecule has 114 valence electrons. The molecule has 6 heteroatoms. The van der Waals surface area contributed by atoms with E-state index in [1.807, 2.05) is 35.2 Å². The average molecular weight is 298 g/mol. The summed E-state index contributed by atoms with van der Waals surface area (Å²) in [6, 6.07) is 13.1. The van der Waals surface area contributed by atoms with Gasteiger partial charge in [-0.2, -0.15) is 0 Å². The standard InChI is InChI=1S/C16H18N4O2/c21-11-10-20(13-6-7-13)15-9-8-14(18-19-15)16(22)17-12-4-2-1-3-5-12/h1-5,8-9,13,21H,6-7,10-11H2,(H,17,22). The second-order valence-corrected chi connectivity index (χ2v) is 5.25. The molecule has 2 N–H and O–H groups in total. The zero-order valence-electron chi connectivity index (χ0n) is 12.1. The Kier molecular flexibility index (Phi) is 4.29. The van der Waals surface area contributed by atoms with Gasteiger partial charge in [-0.1, -0.05) is 18.2 Å². The van der Waals surface area contributed by atoms with E-state index in [-0.39, 0.29) is 18.2 Å². The minimum Gasteiger partial charge on any atom is -0.395 e. The SMILES string of the molecule is O=C(Nc1ccccc1)c1ccc(N(CCO)C2CC2)nn1. The van der Waals surface area contributed by atoms with Crippen LogP contribution >= 0.6 is 0 Å². The average Bonchev–Trinajstić information content (AvgIpc) is 3.38. The molecular formula is C16H18N4O2. The molecule has 2 aromatic rings. The number of benzene rings is 1. The molecule has 1 heterocycles. The van der Waals surface area contributed by atoms with Gasteiger partial charge in [0.25, 0.3) is 5.91 Å². The van der Waals surface area contributed by atoms with E-state index in [0.29, 0.717) is 18.4 Å². The number of nitrogens with one attached hydrogen (secondary N) is 1. The maximum Gasteiger partial charge on any atom is 0.276 e. The zero-order valence-corrected chi connectivity index (χ0v) is 12.1. The number of hydrogen-bond donors (Lipinski definition) is 2. The molecule has 0 spiro atoms. The summed E-state index contributed by atoms with van der Waals surface area (Å²) in [5.74, 6) is 0.415. The van der Waals surface area contributed by atoms with Crippen LogP contribution in [-0.4, -0.2) is 40.4 Å². The molecule has 6 nitrogen and oxygen atoms in total. The number of aromatic nitrogens is 2. The molecule has 0 unspecified atom stereocenters. The summed E-state index contributed by atoms with van der Waals surface area (Å²) < 4.78 is 0. The first kappa shape index (κ1) is 14.5. The summed E-state index contributed by atoms with van der Waals surface area (Å²) >= 11 is 0. The first-order chi connectivity index (χ1) is 10.8. The van der Waals surface area contributed by atoms with Gasteiger partial charge in [0.2, 0.25) is 0 Å². The Bertz CT molecular complexity index is 626. The minimum absolute atomic E-state index is 0.0778. The Labute approximate surface area is 128 Å². The van der Waals surface area contributed by atoms with Gasteiger partial charge in [0.1, 0.15) is 0 Å². The molecule has 1 saturated carbocycles. The van der Waals surface area contributed by atoms with Crippen molar-refractivity contribution in [2.24, 2.45) is 0 Å². The molecule has 1 aromatic heterocycles. The van der Waals surface area contributed by atoms with E-state index in [0.717, 1.165) is 18.5 Å². The van der Waals surface area contributed by atoms with Crippen LogP contribution in [0.4, 0.5) is 11.5 Å². The Morgan fingerprint density at radius 3 is 2.55 bits per heavy atom. The third-order valence-electron chi connectivity index (χ3n) is 3.54. The van der Waals surface area contributed by atoms with Crippen LogP contribution in [0.25, 0.3) is 0 Å². The van der Waals surface area contributed by atoms with Gasteiger partial charge in [-0.25, -0.2) is 0 Å². The number of amides is 1. The van der Waals surface area contributed by atoms with Gasteiger partial charge in [-0.3, -0.25) is 4.79 Å². The van der Waals surface area contributed by atoms with Crippen LogP contribution in [0.3, 0.4) is 0 Å². The highest BCUT2D eigenvalue weighted by Gasteiger charge is 2.29. The molecule has 1 aliphatic carbocycles. The quantitative estimate of drug-likeness (QED) is 0.848. The van der Waals surface area contributed by atoms with E-state index < -0.39 is 0 Å². The van der Waals surface area contributed by atoms with Gasteiger partial charge in [-0.15, -0.1) is 10.2 Å². The van der Waals surface area contributed by atoms with Crippen LogP contribution in [0.5, 0.6) is 0 Å². The highest BCUT2D eigenvalue weighted by Crippen LogP contribution is 2.29. The summed E-state index contributed by atoms with van der Waals surface area (Å²) in [7, 11) is 0. The topological polar surface area (TPSA) is 78.4 Å². The fourth-order valence-corrected chi connectivity index (χ4v) is 2.29. The third kappa shape index (κ3) is 3.40. The number of nitrogens with zero attached hydrogens (tertiary/aromatic N) is 3. The molecule has 1 aliphatic rings. The molecule has 22 heavy (non-hydrogen) atoms. The second-order valence-electron chi connectivity index (χ2n) is 5.25. The van der Waals surface area contributed by atoms with Crippen molar-refractivity contribution in [3.8, 4) is 0 Å². The third-order valence-corrected chi connectivity index (χ3v) is 3.54. The lowest BCUT2D eigenvalue weighted by molar-refractivity contribution is 0.102. The molecule has 0 bridgehead atoms. The fourth-order valence-electron chi connectivity index (χ4n) is 2.29. The van der Waals surface area contributed by atoms with Gasteiger partial charge >= 0.3 is 0 Å². The van der Waals surface area contributed by atoms with Gasteiger partial charge < -0.3 is 15.3 Å². The van der Waals surface area contributed by atoms with Crippen molar-refractivity contribution in [2.45, 2.75) is 18.9 Å². The predicted molar refractivity (Wildman–Crippen MR) is 83.9 cm³/mol. The molecule has 0 radical (unpaired) electrons. The van der Waals surface area contributed by atoms with E-state index in [9.17, 15) is 4.79 Å². The van der Waals surface area contributed by atoms with Crippen molar-refractivity contribution in [1.29, 1.82) is 0 Å². The molecule has 3 rings (SSSR count). The smallest absolute Gasteiger partial charge is 0.276 e. The van der Waals surface area contributed by atoms with E-state index >= 15 is 0 Å².